The van der Waals surface area contributed by atoms with Crippen molar-refractivity contribution in [1.29, 1.82) is 0 Å². The van der Waals surface area contributed by atoms with Crippen LogP contribution in [0.15, 0.2) is 119 Å². The maximum absolute atomic E-state index is 6.29. The fourth-order valence-corrected chi connectivity index (χ4v) is 8.15. The summed E-state index contributed by atoms with van der Waals surface area (Å²) in [6.45, 7) is 1.99. The Morgan fingerprint density at radius 1 is 0.544 bits per heavy atom. The first-order valence-electron chi connectivity index (χ1n) is 20.2. The molecule has 292 valence electrons. The number of para-hydroxylation sites is 2. The van der Waals surface area contributed by atoms with Crippen molar-refractivity contribution in [1.82, 2.24) is 19.8 Å². The van der Waals surface area contributed by atoms with E-state index in [0.29, 0.717) is 11.8 Å². The standard InChI is InChI=1S/C47H54N8O2/c1-50(2)42(46-48-44-40(56-46)24-18-28-52(44)5)36-26-32-54(38-22-14-12-20-34(36)38)30-16-10-8-7-9-11-17-31-55-33-27-37(35-21-13-15-23-39(35)55)43(51(3)4)47-49-45-41(57-47)25-19-29-53(45)6/h12-15,18-29,32-33H,7-11,16-17,30-31H2,1-6H3/q+2. The summed E-state index contributed by atoms with van der Waals surface area (Å²) >= 11 is 0. The lowest BCUT2D eigenvalue weighted by Crippen LogP contribution is -2.28. The number of anilines is 2. The Kier molecular flexibility index (Phi) is 10.9. The van der Waals surface area contributed by atoms with Crippen molar-refractivity contribution in [2.24, 2.45) is 14.1 Å². The highest BCUT2D eigenvalue weighted by atomic mass is 16.4. The zero-order valence-corrected chi connectivity index (χ0v) is 34.2. The van der Waals surface area contributed by atoms with Gasteiger partial charge in [-0.2, -0.15) is 0 Å². The van der Waals surface area contributed by atoms with E-state index in [1.165, 1.54) is 54.6 Å². The average Bonchev–Trinajstić information content (AvgIpc) is 3.84. The Hall–Kier alpha value is -6.16. The van der Waals surface area contributed by atoms with Gasteiger partial charge in [-0.1, -0.05) is 68.5 Å². The number of aromatic nitrogens is 4. The van der Waals surface area contributed by atoms with E-state index in [0.717, 1.165) is 70.9 Å². The van der Waals surface area contributed by atoms with Crippen molar-refractivity contribution in [3.63, 3.8) is 0 Å². The van der Waals surface area contributed by atoms with Crippen LogP contribution in [-0.2, 0) is 14.1 Å². The first kappa shape index (κ1) is 37.7. The number of aryl methyl sites for hydroxylation is 2. The predicted octanol–water partition coefficient (Wildman–Crippen LogP) is 8.58. The lowest BCUT2D eigenvalue weighted by atomic mass is 9.97. The molecule has 4 aromatic heterocycles. The Bertz CT molecular complexity index is 2350. The number of unbranched alkanes of at least 4 members (excludes halogenated alkanes) is 6. The van der Waals surface area contributed by atoms with E-state index in [1.54, 1.807) is 0 Å². The maximum Gasteiger partial charge on any atom is 0.370 e. The number of pyridine rings is 2. The molecule has 0 saturated carbocycles. The van der Waals surface area contributed by atoms with Gasteiger partial charge < -0.3 is 28.4 Å². The van der Waals surface area contributed by atoms with Crippen molar-refractivity contribution in [2.45, 2.75) is 44.9 Å². The molecule has 2 aromatic carbocycles. The van der Waals surface area contributed by atoms with E-state index in [2.05, 4.69) is 121 Å². The molecule has 0 unspecified atom stereocenters. The van der Waals surface area contributed by atoms with Gasteiger partial charge in [-0.3, -0.25) is 0 Å². The molecule has 57 heavy (non-hydrogen) atoms. The van der Waals surface area contributed by atoms with Gasteiger partial charge in [0, 0.05) is 97.3 Å². The highest BCUT2D eigenvalue weighted by Crippen LogP contribution is 2.40. The molecule has 0 aliphatic carbocycles. The fraction of sp³-hybridized carbons (Fsp3) is 0.319. The molecule has 2 aliphatic heterocycles. The lowest BCUT2D eigenvalue weighted by molar-refractivity contribution is -0.646. The maximum atomic E-state index is 6.29. The zero-order valence-electron chi connectivity index (χ0n) is 34.2. The lowest BCUT2D eigenvalue weighted by Gasteiger charge is -2.29. The predicted molar refractivity (Wildman–Crippen MR) is 230 cm³/mol. The summed E-state index contributed by atoms with van der Waals surface area (Å²) in [6, 6.07) is 25.3. The smallest absolute Gasteiger partial charge is 0.370 e. The SMILES string of the molecule is CN(C)C(=C1C=CN(CCCCCCCCCN2C=CC(=C(c3nc4c(ccc[n+]4C)o3)N(C)C)c3ccccc32)c2ccccc21)c1nc2c(ccc[n+]2C)o1. The van der Waals surface area contributed by atoms with Crippen LogP contribution in [0.2, 0.25) is 0 Å². The Morgan fingerprint density at radius 2 is 0.947 bits per heavy atom. The van der Waals surface area contributed by atoms with Crippen LogP contribution >= 0.6 is 0 Å². The average molecular weight is 763 g/mol. The van der Waals surface area contributed by atoms with Gasteiger partial charge in [0.05, 0.1) is 26.5 Å². The minimum Gasteiger partial charge on any atom is -0.410 e. The largest absolute Gasteiger partial charge is 0.410 e. The van der Waals surface area contributed by atoms with E-state index in [4.69, 9.17) is 18.8 Å². The quantitative estimate of drug-likeness (QED) is 0.0808. The highest BCUT2D eigenvalue weighted by molar-refractivity contribution is 6.00. The molecule has 0 amide bonds. The first-order chi connectivity index (χ1) is 27.8. The van der Waals surface area contributed by atoms with Crippen LogP contribution in [0.25, 0.3) is 45.0 Å². The monoisotopic (exact) mass is 762 g/mol. The molecule has 0 spiro atoms. The van der Waals surface area contributed by atoms with E-state index in [9.17, 15) is 0 Å². The number of hydrogen-bond donors (Lipinski definition) is 0. The molecule has 8 rings (SSSR count). The van der Waals surface area contributed by atoms with Gasteiger partial charge in [0.15, 0.2) is 0 Å². The van der Waals surface area contributed by atoms with Gasteiger partial charge in [0.1, 0.15) is 11.4 Å². The summed E-state index contributed by atoms with van der Waals surface area (Å²) in [6.07, 6.45) is 21.4. The number of rotatable bonds is 14. The van der Waals surface area contributed by atoms with Crippen molar-refractivity contribution in [3.8, 4) is 0 Å². The number of hydrogen-bond acceptors (Lipinski definition) is 8. The Morgan fingerprint density at radius 3 is 1.35 bits per heavy atom. The molecular formula is C47H54N8O2+2. The highest BCUT2D eigenvalue weighted by Gasteiger charge is 2.29. The minimum atomic E-state index is 0.629. The fourth-order valence-electron chi connectivity index (χ4n) is 8.15. The van der Waals surface area contributed by atoms with Gasteiger partial charge in [-0.05, 0) is 61.4 Å². The number of oxazole rings is 2. The van der Waals surface area contributed by atoms with Gasteiger partial charge in [-0.25, -0.2) is 9.13 Å². The molecule has 0 atom stereocenters. The topological polar surface area (TPSA) is 72.8 Å². The van der Waals surface area contributed by atoms with Crippen molar-refractivity contribution in [2.75, 3.05) is 51.1 Å². The van der Waals surface area contributed by atoms with E-state index in [1.807, 2.05) is 59.9 Å². The van der Waals surface area contributed by atoms with Crippen LogP contribution in [0.1, 0.15) is 67.9 Å². The van der Waals surface area contributed by atoms with Crippen molar-refractivity contribution >= 4 is 56.4 Å². The van der Waals surface area contributed by atoms with E-state index >= 15 is 0 Å². The van der Waals surface area contributed by atoms with Crippen molar-refractivity contribution < 1.29 is 18.0 Å². The second-order valence-corrected chi connectivity index (χ2v) is 15.5. The third-order valence-electron chi connectivity index (χ3n) is 11.0. The normalized spacial score (nSPS) is 15.3. The molecule has 0 N–H and O–H groups in total. The van der Waals surface area contributed by atoms with Crippen LogP contribution in [0.4, 0.5) is 11.4 Å². The number of nitrogens with zero attached hydrogens (tertiary/aromatic N) is 8. The second-order valence-electron chi connectivity index (χ2n) is 15.5. The van der Waals surface area contributed by atoms with Gasteiger partial charge in [-0.15, -0.1) is 0 Å². The van der Waals surface area contributed by atoms with E-state index < -0.39 is 0 Å². The molecule has 6 heterocycles. The first-order valence-corrected chi connectivity index (χ1v) is 20.2. The Balaban J connectivity index is 0.840. The zero-order chi connectivity index (χ0) is 39.5. The third kappa shape index (κ3) is 7.68. The summed E-state index contributed by atoms with van der Waals surface area (Å²) in [7, 11) is 12.2. The number of allylic oxidation sites excluding steroid dienone is 4. The number of fused-ring (bicyclic) bond motifs is 4. The summed E-state index contributed by atoms with van der Waals surface area (Å²) in [5.41, 5.74) is 12.3. The molecule has 0 radical (unpaired) electrons. The molecule has 2 aliphatic rings. The minimum absolute atomic E-state index is 0.629. The van der Waals surface area contributed by atoms with Crippen LogP contribution in [0.3, 0.4) is 0 Å². The molecule has 10 nitrogen and oxygen atoms in total. The van der Waals surface area contributed by atoms with Crippen molar-refractivity contribution in [3.05, 3.63) is 133 Å². The third-order valence-corrected chi connectivity index (χ3v) is 11.0. The molecule has 10 heteroatoms. The second kappa shape index (κ2) is 16.5. The summed E-state index contributed by atoms with van der Waals surface area (Å²) in [5, 5.41) is 0. The summed E-state index contributed by atoms with van der Waals surface area (Å²) in [4.78, 5) is 18.8. The molecule has 0 bridgehead atoms. The van der Waals surface area contributed by atoms with Crippen LogP contribution in [0, 0.1) is 0 Å². The van der Waals surface area contributed by atoms with E-state index in [-0.39, 0.29) is 0 Å². The molecule has 6 aromatic rings. The van der Waals surface area contributed by atoms with Crippen LogP contribution in [0.5, 0.6) is 0 Å². The molecule has 0 saturated heterocycles. The van der Waals surface area contributed by atoms with Gasteiger partial charge in [0.25, 0.3) is 0 Å². The van der Waals surface area contributed by atoms with Gasteiger partial charge >= 0.3 is 23.1 Å². The van der Waals surface area contributed by atoms with Crippen LogP contribution in [-0.4, -0.2) is 61.0 Å². The molecular weight excluding hydrogens is 709 g/mol. The number of benzene rings is 2. The molecule has 0 fully saturated rings. The van der Waals surface area contributed by atoms with Gasteiger partial charge in [0.2, 0.25) is 11.2 Å². The Labute approximate surface area is 336 Å². The van der Waals surface area contributed by atoms with Crippen LogP contribution < -0.4 is 18.9 Å². The summed E-state index contributed by atoms with van der Waals surface area (Å²) in [5.74, 6) is 1.26. The summed E-state index contributed by atoms with van der Waals surface area (Å²) < 4.78 is 16.6.